The summed E-state index contributed by atoms with van der Waals surface area (Å²) in [6.45, 7) is 7.93. The molecule has 2 rings (SSSR count). The average molecular weight is 434 g/mol. The highest BCUT2D eigenvalue weighted by atomic mass is 127. The van der Waals surface area contributed by atoms with Gasteiger partial charge < -0.3 is 15.5 Å². The molecule has 4 nitrogen and oxygen atoms in total. The van der Waals surface area contributed by atoms with Crippen molar-refractivity contribution in [2.75, 3.05) is 32.7 Å². The summed E-state index contributed by atoms with van der Waals surface area (Å²) in [4.78, 5) is 7.34. The Bertz CT molecular complexity index is 343. The first-order valence-electron chi connectivity index (χ1n) is 9.30. The summed E-state index contributed by atoms with van der Waals surface area (Å²) in [6, 6.07) is 0.539. The lowest BCUT2D eigenvalue weighted by atomic mass is 10.1. The van der Waals surface area contributed by atoms with Crippen LogP contribution in [0.15, 0.2) is 17.1 Å². The van der Waals surface area contributed by atoms with E-state index in [9.17, 15) is 0 Å². The fourth-order valence-electron chi connectivity index (χ4n) is 3.25. The molecular formula is C18H35IN4. The smallest absolute Gasteiger partial charge is 0.191 e. The summed E-state index contributed by atoms with van der Waals surface area (Å²) in [6.07, 6.45) is 14.8. The van der Waals surface area contributed by atoms with Crippen LogP contribution in [0.1, 0.15) is 58.3 Å². The molecule has 0 amide bonds. The van der Waals surface area contributed by atoms with E-state index >= 15 is 0 Å². The number of nitrogens with zero attached hydrogens (tertiary/aromatic N) is 2. The average Bonchev–Trinajstić information content (AvgIpc) is 3.05. The van der Waals surface area contributed by atoms with Crippen molar-refractivity contribution in [1.29, 1.82) is 0 Å². The molecule has 1 aliphatic carbocycles. The zero-order valence-corrected chi connectivity index (χ0v) is 17.1. The van der Waals surface area contributed by atoms with E-state index in [0.717, 1.165) is 31.9 Å². The van der Waals surface area contributed by atoms with Crippen LogP contribution < -0.4 is 10.6 Å². The number of halogens is 1. The molecular weight excluding hydrogens is 399 g/mol. The van der Waals surface area contributed by atoms with E-state index in [4.69, 9.17) is 4.99 Å². The SMILES string of the molecule is CCNC(=NCCCCCN1CCCCC1)NC1CC=CC1.I. The van der Waals surface area contributed by atoms with Gasteiger partial charge in [-0.15, -0.1) is 24.0 Å². The quantitative estimate of drug-likeness (QED) is 0.202. The number of rotatable bonds is 8. The Balaban J connectivity index is 0.00000264. The molecule has 5 heteroatoms. The second-order valence-corrected chi connectivity index (χ2v) is 6.51. The minimum absolute atomic E-state index is 0. The second kappa shape index (κ2) is 13.0. The predicted octanol–water partition coefficient (Wildman–Crippen LogP) is 3.53. The normalized spacial score (nSPS) is 19.6. The van der Waals surface area contributed by atoms with Gasteiger partial charge in [0, 0.05) is 19.1 Å². The molecule has 0 bridgehead atoms. The van der Waals surface area contributed by atoms with Crippen LogP contribution in [0.5, 0.6) is 0 Å². The number of likely N-dealkylation sites (tertiary alicyclic amines) is 1. The molecule has 0 unspecified atom stereocenters. The molecule has 0 aromatic rings. The Kier molecular flexibility index (Phi) is 11.8. The maximum Gasteiger partial charge on any atom is 0.191 e. The Morgan fingerprint density at radius 1 is 1.09 bits per heavy atom. The highest BCUT2D eigenvalue weighted by Crippen LogP contribution is 2.10. The molecule has 1 heterocycles. The van der Waals surface area contributed by atoms with Gasteiger partial charge in [-0.3, -0.25) is 4.99 Å². The van der Waals surface area contributed by atoms with E-state index in [-0.39, 0.29) is 24.0 Å². The van der Waals surface area contributed by atoms with E-state index in [2.05, 4.69) is 34.6 Å². The van der Waals surface area contributed by atoms with Gasteiger partial charge in [-0.05, 0) is 65.1 Å². The highest BCUT2D eigenvalue weighted by molar-refractivity contribution is 14.0. The van der Waals surface area contributed by atoms with Crippen LogP contribution in [0.4, 0.5) is 0 Å². The van der Waals surface area contributed by atoms with Gasteiger partial charge in [-0.2, -0.15) is 0 Å². The highest BCUT2D eigenvalue weighted by Gasteiger charge is 2.11. The number of hydrogen-bond donors (Lipinski definition) is 2. The van der Waals surface area contributed by atoms with Gasteiger partial charge in [0.25, 0.3) is 0 Å². The van der Waals surface area contributed by atoms with Crippen molar-refractivity contribution in [1.82, 2.24) is 15.5 Å². The molecule has 2 aliphatic rings. The number of hydrogen-bond acceptors (Lipinski definition) is 2. The van der Waals surface area contributed by atoms with Crippen molar-refractivity contribution >= 4 is 29.9 Å². The maximum absolute atomic E-state index is 4.71. The largest absolute Gasteiger partial charge is 0.357 e. The van der Waals surface area contributed by atoms with Crippen molar-refractivity contribution in [2.24, 2.45) is 4.99 Å². The predicted molar refractivity (Wildman–Crippen MR) is 111 cm³/mol. The lowest BCUT2D eigenvalue weighted by molar-refractivity contribution is 0.224. The van der Waals surface area contributed by atoms with Gasteiger partial charge in [0.15, 0.2) is 5.96 Å². The number of aliphatic imine (C=N–C) groups is 1. The van der Waals surface area contributed by atoms with E-state index in [1.165, 1.54) is 58.2 Å². The van der Waals surface area contributed by atoms with Gasteiger partial charge in [-0.25, -0.2) is 0 Å². The first-order chi connectivity index (χ1) is 10.9. The van der Waals surface area contributed by atoms with Crippen LogP contribution >= 0.6 is 24.0 Å². The molecule has 0 radical (unpaired) electrons. The topological polar surface area (TPSA) is 39.7 Å². The third-order valence-electron chi connectivity index (χ3n) is 4.54. The zero-order chi connectivity index (χ0) is 15.5. The third kappa shape index (κ3) is 8.94. The van der Waals surface area contributed by atoms with E-state index in [0.29, 0.717) is 6.04 Å². The summed E-state index contributed by atoms with van der Waals surface area (Å²) < 4.78 is 0. The van der Waals surface area contributed by atoms with Crippen LogP contribution in [0, 0.1) is 0 Å². The number of nitrogens with one attached hydrogen (secondary N) is 2. The van der Waals surface area contributed by atoms with Crippen molar-refractivity contribution in [3.8, 4) is 0 Å². The van der Waals surface area contributed by atoms with Crippen molar-refractivity contribution in [3.05, 3.63) is 12.2 Å². The standard InChI is InChI=1S/C18H34N4.HI/c1-2-19-18(21-17-11-5-6-12-17)20-13-7-3-8-14-22-15-9-4-10-16-22;/h5-6,17H,2-4,7-16H2,1H3,(H2,19,20,21);1H. The zero-order valence-electron chi connectivity index (χ0n) is 14.7. The van der Waals surface area contributed by atoms with Crippen LogP contribution in [0.3, 0.4) is 0 Å². The Morgan fingerprint density at radius 3 is 2.52 bits per heavy atom. The summed E-state index contributed by atoms with van der Waals surface area (Å²) in [5.41, 5.74) is 0. The lowest BCUT2D eigenvalue weighted by Crippen LogP contribution is -2.42. The lowest BCUT2D eigenvalue weighted by Gasteiger charge is -2.26. The van der Waals surface area contributed by atoms with Crippen LogP contribution in [0.2, 0.25) is 0 Å². The van der Waals surface area contributed by atoms with Gasteiger partial charge >= 0.3 is 0 Å². The molecule has 0 aromatic heterocycles. The summed E-state index contributed by atoms with van der Waals surface area (Å²) >= 11 is 0. The van der Waals surface area contributed by atoms with Gasteiger partial charge in [0.2, 0.25) is 0 Å². The first-order valence-corrected chi connectivity index (χ1v) is 9.30. The number of guanidine groups is 1. The molecule has 0 spiro atoms. The third-order valence-corrected chi connectivity index (χ3v) is 4.54. The Hall–Kier alpha value is -0.300. The van der Waals surface area contributed by atoms with Crippen molar-refractivity contribution in [3.63, 3.8) is 0 Å². The Labute approximate surface area is 159 Å². The van der Waals surface area contributed by atoms with Crippen LogP contribution in [0.25, 0.3) is 0 Å². The molecule has 0 saturated carbocycles. The van der Waals surface area contributed by atoms with Gasteiger partial charge in [-0.1, -0.05) is 25.0 Å². The minimum atomic E-state index is 0. The number of piperidine rings is 1. The van der Waals surface area contributed by atoms with Crippen molar-refractivity contribution < 1.29 is 0 Å². The molecule has 134 valence electrons. The number of unbranched alkanes of at least 4 members (excludes halogenated alkanes) is 2. The van der Waals surface area contributed by atoms with Gasteiger partial charge in [0.05, 0.1) is 0 Å². The second-order valence-electron chi connectivity index (χ2n) is 6.51. The first kappa shape index (κ1) is 20.7. The summed E-state index contributed by atoms with van der Waals surface area (Å²) in [5.74, 6) is 0.993. The monoisotopic (exact) mass is 434 g/mol. The fraction of sp³-hybridized carbons (Fsp3) is 0.833. The Morgan fingerprint density at radius 2 is 1.83 bits per heavy atom. The van der Waals surface area contributed by atoms with Crippen molar-refractivity contribution in [2.45, 2.75) is 64.3 Å². The summed E-state index contributed by atoms with van der Waals surface area (Å²) in [5, 5.41) is 6.88. The van der Waals surface area contributed by atoms with Crippen LogP contribution in [-0.4, -0.2) is 49.6 Å². The molecule has 1 aliphatic heterocycles. The molecule has 23 heavy (non-hydrogen) atoms. The molecule has 2 N–H and O–H groups in total. The van der Waals surface area contributed by atoms with E-state index in [1.54, 1.807) is 0 Å². The molecule has 0 atom stereocenters. The van der Waals surface area contributed by atoms with E-state index in [1.807, 2.05) is 0 Å². The maximum atomic E-state index is 4.71. The molecule has 0 aromatic carbocycles. The van der Waals surface area contributed by atoms with Gasteiger partial charge in [0.1, 0.15) is 0 Å². The molecule has 1 fully saturated rings. The summed E-state index contributed by atoms with van der Waals surface area (Å²) in [7, 11) is 0. The molecule has 1 saturated heterocycles. The van der Waals surface area contributed by atoms with Crippen LogP contribution in [-0.2, 0) is 0 Å². The minimum Gasteiger partial charge on any atom is -0.357 e. The van der Waals surface area contributed by atoms with E-state index < -0.39 is 0 Å². The fourth-order valence-corrected chi connectivity index (χ4v) is 3.25.